The molecule has 0 fully saturated rings. The van der Waals surface area contributed by atoms with Crippen LogP contribution in [0.4, 0.5) is 5.69 Å². The molecule has 2 N–H and O–H groups in total. The average Bonchev–Trinajstić information content (AvgIpc) is 2.35. The van der Waals surface area contributed by atoms with Crippen LogP contribution in [-0.2, 0) is 6.54 Å². The number of aliphatic hydroxyl groups is 1. The van der Waals surface area contributed by atoms with Gasteiger partial charge in [0.1, 0.15) is 4.47 Å². The minimum absolute atomic E-state index is 0.218. The topological polar surface area (TPSA) is 67.2 Å². The minimum atomic E-state index is -0.419. The first-order chi connectivity index (χ1) is 8.60. The van der Waals surface area contributed by atoms with Gasteiger partial charge in [0.2, 0.25) is 0 Å². The summed E-state index contributed by atoms with van der Waals surface area (Å²) >= 11 is 3.24. The van der Waals surface area contributed by atoms with Gasteiger partial charge in [0, 0.05) is 6.54 Å². The van der Waals surface area contributed by atoms with E-state index >= 15 is 0 Å². The fourth-order valence-corrected chi connectivity index (χ4v) is 1.95. The van der Waals surface area contributed by atoms with Crippen LogP contribution in [0.1, 0.15) is 19.8 Å². The van der Waals surface area contributed by atoms with E-state index < -0.39 is 6.10 Å². The third-order valence-electron chi connectivity index (χ3n) is 2.44. The predicted octanol–water partition coefficient (Wildman–Crippen LogP) is 1.76. The van der Waals surface area contributed by atoms with Gasteiger partial charge < -0.3 is 10.4 Å². The van der Waals surface area contributed by atoms with Crippen LogP contribution in [0.2, 0.25) is 0 Å². The van der Waals surface area contributed by atoms with Crippen molar-refractivity contribution in [2.75, 3.05) is 11.9 Å². The van der Waals surface area contributed by atoms with Crippen LogP contribution in [0.15, 0.2) is 28.1 Å². The zero-order valence-electron chi connectivity index (χ0n) is 10.4. The van der Waals surface area contributed by atoms with Crippen molar-refractivity contribution in [3.63, 3.8) is 0 Å². The van der Waals surface area contributed by atoms with Crippen molar-refractivity contribution in [1.29, 1.82) is 0 Å². The summed E-state index contributed by atoms with van der Waals surface area (Å²) in [5.41, 5.74) is 0.375. The standard InChI is InChI=1S/C12H18BrN3O2/c1-3-5-9(17)7-14-10-8-15-16(6-4-2)12(18)11(10)13/h4,8-9,14,17H,2-3,5-7H2,1H3. The van der Waals surface area contributed by atoms with Crippen molar-refractivity contribution in [2.24, 2.45) is 0 Å². The Morgan fingerprint density at radius 1 is 1.72 bits per heavy atom. The van der Waals surface area contributed by atoms with Crippen LogP contribution in [0.3, 0.4) is 0 Å². The van der Waals surface area contributed by atoms with E-state index in [-0.39, 0.29) is 5.56 Å². The van der Waals surface area contributed by atoms with Gasteiger partial charge in [-0.1, -0.05) is 19.4 Å². The first-order valence-corrected chi connectivity index (χ1v) is 6.67. The van der Waals surface area contributed by atoms with Gasteiger partial charge in [-0.05, 0) is 22.4 Å². The second-order valence-corrected chi connectivity index (χ2v) is 4.76. The summed E-state index contributed by atoms with van der Waals surface area (Å²) in [4.78, 5) is 11.9. The van der Waals surface area contributed by atoms with Gasteiger partial charge in [0.15, 0.2) is 0 Å². The molecule has 0 spiro atoms. The smallest absolute Gasteiger partial charge is 0.283 e. The van der Waals surface area contributed by atoms with Crippen LogP contribution in [-0.4, -0.2) is 27.5 Å². The van der Waals surface area contributed by atoms with E-state index in [1.165, 1.54) is 4.68 Å². The molecular weight excluding hydrogens is 298 g/mol. The number of aromatic nitrogens is 2. The Labute approximate surface area is 115 Å². The maximum Gasteiger partial charge on any atom is 0.283 e. The lowest BCUT2D eigenvalue weighted by atomic mass is 10.2. The van der Waals surface area contributed by atoms with Gasteiger partial charge in [-0.2, -0.15) is 5.10 Å². The minimum Gasteiger partial charge on any atom is -0.391 e. The van der Waals surface area contributed by atoms with Crippen molar-refractivity contribution in [1.82, 2.24) is 9.78 Å². The second kappa shape index (κ2) is 7.33. The van der Waals surface area contributed by atoms with Crippen molar-refractivity contribution < 1.29 is 5.11 Å². The summed E-state index contributed by atoms with van der Waals surface area (Å²) in [5.74, 6) is 0. The van der Waals surface area contributed by atoms with Crippen LogP contribution in [0, 0.1) is 0 Å². The molecule has 100 valence electrons. The van der Waals surface area contributed by atoms with Gasteiger partial charge >= 0.3 is 0 Å². The molecule has 0 aliphatic rings. The average molecular weight is 316 g/mol. The maximum atomic E-state index is 11.9. The third-order valence-corrected chi connectivity index (χ3v) is 3.20. The highest BCUT2D eigenvalue weighted by molar-refractivity contribution is 9.10. The predicted molar refractivity (Wildman–Crippen MR) is 75.8 cm³/mol. The molecule has 1 rings (SSSR count). The van der Waals surface area contributed by atoms with Gasteiger partial charge in [-0.15, -0.1) is 6.58 Å². The Morgan fingerprint density at radius 3 is 3.06 bits per heavy atom. The van der Waals surface area contributed by atoms with Crippen LogP contribution < -0.4 is 10.9 Å². The molecule has 0 aliphatic heterocycles. The largest absolute Gasteiger partial charge is 0.391 e. The molecule has 0 aliphatic carbocycles. The number of allylic oxidation sites excluding steroid dienone is 1. The van der Waals surface area contributed by atoms with Crippen LogP contribution in [0.5, 0.6) is 0 Å². The van der Waals surface area contributed by atoms with Crippen LogP contribution >= 0.6 is 15.9 Å². The summed E-state index contributed by atoms with van der Waals surface area (Å²) in [6.07, 6.45) is 4.40. The van der Waals surface area contributed by atoms with E-state index in [2.05, 4.69) is 32.9 Å². The van der Waals surface area contributed by atoms with E-state index in [0.29, 0.717) is 23.2 Å². The fraction of sp³-hybridized carbons (Fsp3) is 0.500. The molecule has 0 radical (unpaired) electrons. The van der Waals surface area contributed by atoms with Crippen molar-refractivity contribution in [3.8, 4) is 0 Å². The van der Waals surface area contributed by atoms with Gasteiger partial charge in [-0.25, -0.2) is 4.68 Å². The zero-order chi connectivity index (χ0) is 13.5. The fourth-order valence-electron chi connectivity index (χ4n) is 1.50. The lowest BCUT2D eigenvalue weighted by Crippen LogP contribution is -2.26. The number of hydrogen-bond donors (Lipinski definition) is 2. The highest BCUT2D eigenvalue weighted by Gasteiger charge is 2.09. The van der Waals surface area contributed by atoms with Crippen LogP contribution in [0.25, 0.3) is 0 Å². The molecule has 0 aromatic carbocycles. The first-order valence-electron chi connectivity index (χ1n) is 5.88. The maximum absolute atomic E-state index is 11.9. The second-order valence-electron chi connectivity index (χ2n) is 3.97. The lowest BCUT2D eigenvalue weighted by Gasteiger charge is -2.13. The molecule has 18 heavy (non-hydrogen) atoms. The Balaban J connectivity index is 2.76. The quantitative estimate of drug-likeness (QED) is 0.752. The Bertz CT molecular complexity index is 459. The Kier molecular flexibility index (Phi) is 6.07. The summed E-state index contributed by atoms with van der Waals surface area (Å²) in [7, 11) is 0. The van der Waals surface area contributed by atoms with E-state index in [0.717, 1.165) is 12.8 Å². The Hall–Kier alpha value is -1.14. The summed E-state index contributed by atoms with van der Waals surface area (Å²) in [5, 5.41) is 16.6. The highest BCUT2D eigenvalue weighted by Crippen LogP contribution is 2.16. The number of aliphatic hydroxyl groups excluding tert-OH is 1. The molecule has 1 heterocycles. The number of hydrogen-bond acceptors (Lipinski definition) is 4. The molecule has 5 nitrogen and oxygen atoms in total. The monoisotopic (exact) mass is 315 g/mol. The number of halogens is 1. The van der Waals surface area contributed by atoms with E-state index in [9.17, 15) is 9.90 Å². The Morgan fingerprint density at radius 2 is 2.44 bits per heavy atom. The van der Waals surface area contributed by atoms with Gasteiger partial charge in [0.25, 0.3) is 5.56 Å². The molecule has 0 saturated heterocycles. The highest BCUT2D eigenvalue weighted by atomic mass is 79.9. The molecule has 0 saturated carbocycles. The number of rotatable bonds is 7. The molecule has 6 heteroatoms. The summed E-state index contributed by atoms with van der Waals surface area (Å²) < 4.78 is 1.73. The summed E-state index contributed by atoms with van der Waals surface area (Å²) in [6, 6.07) is 0. The number of nitrogens with zero attached hydrogens (tertiary/aromatic N) is 2. The van der Waals surface area contributed by atoms with E-state index in [1.54, 1.807) is 12.3 Å². The molecule has 1 aromatic rings. The normalized spacial score (nSPS) is 12.2. The number of nitrogens with one attached hydrogen (secondary N) is 1. The molecule has 0 bridgehead atoms. The van der Waals surface area contributed by atoms with Crippen molar-refractivity contribution in [2.45, 2.75) is 32.4 Å². The van der Waals surface area contributed by atoms with E-state index in [1.807, 2.05) is 6.92 Å². The van der Waals surface area contributed by atoms with E-state index in [4.69, 9.17) is 0 Å². The molecule has 1 aromatic heterocycles. The molecule has 0 amide bonds. The SMILES string of the molecule is C=CCn1ncc(NCC(O)CCC)c(Br)c1=O. The van der Waals surface area contributed by atoms with Gasteiger partial charge in [-0.3, -0.25) is 4.79 Å². The lowest BCUT2D eigenvalue weighted by molar-refractivity contribution is 0.176. The van der Waals surface area contributed by atoms with Gasteiger partial charge in [0.05, 0.1) is 24.5 Å². The molecule has 1 atom stereocenters. The first kappa shape index (κ1) is 14.9. The van der Waals surface area contributed by atoms with Crippen molar-refractivity contribution >= 4 is 21.6 Å². The third kappa shape index (κ3) is 3.96. The zero-order valence-corrected chi connectivity index (χ0v) is 12.0. The molecular formula is C12H18BrN3O2. The molecule has 1 unspecified atom stereocenters. The summed E-state index contributed by atoms with van der Waals surface area (Å²) in [6.45, 7) is 6.35. The van der Waals surface area contributed by atoms with Crippen molar-refractivity contribution in [3.05, 3.63) is 33.7 Å². The number of anilines is 1.